The van der Waals surface area contributed by atoms with Gasteiger partial charge in [0.05, 0.1) is 5.92 Å². The average molecular weight is 414 g/mol. The number of piperidine rings is 1. The molecule has 2 aliphatic carbocycles. The molecule has 0 aromatic rings. The first-order chi connectivity index (χ1) is 13.1. The number of hydrogen-bond donors (Lipinski definition) is 2. The molecule has 6 nitrogen and oxygen atoms in total. The van der Waals surface area contributed by atoms with Crippen LogP contribution < -0.4 is 5.32 Å². The summed E-state index contributed by atoms with van der Waals surface area (Å²) in [7, 11) is 0. The fourth-order valence-electron chi connectivity index (χ4n) is 6.08. The van der Waals surface area contributed by atoms with Crippen molar-refractivity contribution in [3.05, 3.63) is 0 Å². The predicted molar refractivity (Wildman–Crippen MR) is 111 cm³/mol. The lowest BCUT2D eigenvalue weighted by molar-refractivity contribution is -0.143. The Hall–Kier alpha value is -1.01. The number of carbonyl (C=O) groups is 2. The first-order valence-electron chi connectivity index (χ1n) is 11.1. The Kier molecular flexibility index (Phi) is 7.48. The number of aliphatic carboxylic acids is 1. The van der Waals surface area contributed by atoms with Crippen LogP contribution in [0.15, 0.2) is 0 Å². The summed E-state index contributed by atoms with van der Waals surface area (Å²) >= 11 is 0. The molecule has 0 bridgehead atoms. The van der Waals surface area contributed by atoms with E-state index in [-0.39, 0.29) is 30.4 Å². The van der Waals surface area contributed by atoms with Gasteiger partial charge in [0.2, 0.25) is 0 Å². The standard InChI is InChI=1S/C21H35N3O3.ClH/c25-20(26)17-3-7-19(8-4-17)24-14-13-23(21(24)27)18-5-1-15(2-6-18)16-9-11-22-12-10-16;/h15-19,22H,1-14H2,(H,25,26);1H. The predicted octanol–water partition coefficient (Wildman–Crippen LogP) is 3.35. The van der Waals surface area contributed by atoms with E-state index in [0.29, 0.717) is 18.9 Å². The second-order valence-electron chi connectivity index (χ2n) is 9.17. The quantitative estimate of drug-likeness (QED) is 0.741. The molecule has 0 aromatic heterocycles. The van der Waals surface area contributed by atoms with Crippen LogP contribution in [0, 0.1) is 17.8 Å². The third-order valence-corrected chi connectivity index (χ3v) is 7.79. The minimum atomic E-state index is -0.673. The van der Waals surface area contributed by atoms with E-state index in [0.717, 1.165) is 37.8 Å². The van der Waals surface area contributed by atoms with E-state index in [1.807, 2.05) is 0 Å². The molecule has 0 aromatic carbocycles. The summed E-state index contributed by atoms with van der Waals surface area (Å²) in [6.07, 6.45) is 10.7. The molecule has 4 aliphatic rings. The van der Waals surface area contributed by atoms with Crippen molar-refractivity contribution in [1.29, 1.82) is 0 Å². The van der Waals surface area contributed by atoms with E-state index in [1.165, 1.54) is 51.6 Å². The maximum atomic E-state index is 13.0. The van der Waals surface area contributed by atoms with Crippen LogP contribution in [0.3, 0.4) is 0 Å². The van der Waals surface area contributed by atoms with Crippen LogP contribution >= 0.6 is 12.4 Å². The van der Waals surface area contributed by atoms with Gasteiger partial charge in [-0.3, -0.25) is 4.79 Å². The second-order valence-corrected chi connectivity index (χ2v) is 9.17. The van der Waals surface area contributed by atoms with E-state index in [1.54, 1.807) is 0 Å². The van der Waals surface area contributed by atoms with Crippen LogP contribution in [0.25, 0.3) is 0 Å². The molecule has 7 heteroatoms. The van der Waals surface area contributed by atoms with E-state index in [4.69, 9.17) is 0 Å². The fraction of sp³-hybridized carbons (Fsp3) is 0.905. The fourth-order valence-corrected chi connectivity index (χ4v) is 6.08. The Morgan fingerprint density at radius 2 is 1.25 bits per heavy atom. The molecule has 0 radical (unpaired) electrons. The normalized spacial score (nSPS) is 34.9. The van der Waals surface area contributed by atoms with Gasteiger partial charge in [0, 0.05) is 25.2 Å². The SMILES string of the molecule is Cl.O=C(O)C1CCC(N2CCN(C3CCC(C4CCNCC4)CC3)C2=O)CC1. The lowest BCUT2D eigenvalue weighted by atomic mass is 9.74. The van der Waals surface area contributed by atoms with Crippen molar-refractivity contribution in [3.8, 4) is 0 Å². The highest BCUT2D eigenvalue weighted by molar-refractivity contribution is 5.85. The van der Waals surface area contributed by atoms with Gasteiger partial charge in [-0.05, 0) is 89.1 Å². The summed E-state index contributed by atoms with van der Waals surface area (Å²) < 4.78 is 0. The Bertz CT molecular complexity index is 539. The minimum Gasteiger partial charge on any atom is -0.481 e. The van der Waals surface area contributed by atoms with Crippen molar-refractivity contribution < 1.29 is 14.7 Å². The second kappa shape index (κ2) is 9.66. The zero-order chi connectivity index (χ0) is 18.8. The maximum Gasteiger partial charge on any atom is 0.320 e. The topological polar surface area (TPSA) is 72.9 Å². The molecular formula is C21H36ClN3O3. The van der Waals surface area contributed by atoms with Gasteiger partial charge >= 0.3 is 12.0 Å². The summed E-state index contributed by atoms with van der Waals surface area (Å²) in [5.41, 5.74) is 0. The van der Waals surface area contributed by atoms with Crippen molar-refractivity contribution in [2.24, 2.45) is 17.8 Å². The van der Waals surface area contributed by atoms with Crippen molar-refractivity contribution in [1.82, 2.24) is 15.1 Å². The van der Waals surface area contributed by atoms with Crippen molar-refractivity contribution in [2.75, 3.05) is 26.2 Å². The number of amides is 2. The number of hydrogen-bond acceptors (Lipinski definition) is 3. The van der Waals surface area contributed by atoms with Crippen LogP contribution in [0.2, 0.25) is 0 Å². The molecule has 28 heavy (non-hydrogen) atoms. The van der Waals surface area contributed by atoms with Gasteiger partial charge in [0.1, 0.15) is 0 Å². The van der Waals surface area contributed by atoms with E-state index >= 15 is 0 Å². The molecule has 2 aliphatic heterocycles. The van der Waals surface area contributed by atoms with Gasteiger partial charge in [-0.2, -0.15) is 0 Å². The Labute approximate surface area is 174 Å². The Balaban J connectivity index is 0.00000225. The van der Waals surface area contributed by atoms with E-state index in [9.17, 15) is 14.7 Å². The van der Waals surface area contributed by atoms with Crippen LogP contribution in [-0.2, 0) is 4.79 Å². The van der Waals surface area contributed by atoms with Crippen LogP contribution in [0.1, 0.15) is 64.2 Å². The summed E-state index contributed by atoms with van der Waals surface area (Å²) in [5, 5.41) is 12.6. The van der Waals surface area contributed by atoms with Gasteiger partial charge in [-0.25, -0.2) is 4.79 Å². The van der Waals surface area contributed by atoms with Crippen molar-refractivity contribution in [2.45, 2.75) is 76.3 Å². The summed E-state index contributed by atoms with van der Waals surface area (Å²) in [5.74, 6) is 0.875. The summed E-state index contributed by atoms with van der Waals surface area (Å²) in [6.45, 7) is 4.04. The zero-order valence-corrected chi connectivity index (χ0v) is 17.7. The first kappa shape index (κ1) is 21.7. The molecule has 0 unspecified atom stereocenters. The highest BCUT2D eigenvalue weighted by Crippen LogP contribution is 2.38. The average Bonchev–Trinajstić information content (AvgIpc) is 3.10. The maximum absolute atomic E-state index is 13.0. The van der Waals surface area contributed by atoms with E-state index < -0.39 is 5.97 Å². The number of urea groups is 1. The van der Waals surface area contributed by atoms with Gasteiger partial charge in [0.25, 0.3) is 0 Å². The molecule has 2 amide bonds. The molecule has 0 atom stereocenters. The molecule has 2 heterocycles. The zero-order valence-electron chi connectivity index (χ0n) is 16.9. The molecule has 4 fully saturated rings. The van der Waals surface area contributed by atoms with Crippen molar-refractivity contribution in [3.63, 3.8) is 0 Å². The van der Waals surface area contributed by atoms with Gasteiger partial charge in [0.15, 0.2) is 0 Å². The summed E-state index contributed by atoms with van der Waals surface area (Å²) in [4.78, 5) is 28.4. The molecule has 4 rings (SSSR count). The molecule has 2 saturated heterocycles. The Morgan fingerprint density at radius 1 is 0.786 bits per heavy atom. The molecule has 2 saturated carbocycles. The number of carbonyl (C=O) groups excluding carboxylic acids is 1. The first-order valence-corrected chi connectivity index (χ1v) is 11.1. The smallest absolute Gasteiger partial charge is 0.320 e. The number of nitrogens with zero attached hydrogens (tertiary/aromatic N) is 2. The highest BCUT2D eigenvalue weighted by atomic mass is 35.5. The lowest BCUT2D eigenvalue weighted by Gasteiger charge is -2.39. The number of nitrogens with one attached hydrogen (secondary N) is 1. The van der Waals surface area contributed by atoms with Crippen LogP contribution in [-0.4, -0.2) is 65.2 Å². The van der Waals surface area contributed by atoms with Gasteiger partial charge in [-0.15, -0.1) is 12.4 Å². The number of halogens is 1. The summed E-state index contributed by atoms with van der Waals surface area (Å²) in [6, 6.07) is 0.902. The van der Waals surface area contributed by atoms with Gasteiger partial charge in [-0.1, -0.05) is 0 Å². The third-order valence-electron chi connectivity index (χ3n) is 7.79. The monoisotopic (exact) mass is 413 g/mol. The van der Waals surface area contributed by atoms with E-state index in [2.05, 4.69) is 15.1 Å². The highest BCUT2D eigenvalue weighted by Gasteiger charge is 2.40. The minimum absolute atomic E-state index is 0. The number of rotatable bonds is 4. The number of carboxylic acid groups (broad SMARTS) is 1. The molecule has 2 N–H and O–H groups in total. The van der Waals surface area contributed by atoms with Crippen molar-refractivity contribution >= 4 is 24.4 Å². The van der Waals surface area contributed by atoms with Crippen LogP contribution in [0.4, 0.5) is 4.79 Å². The molecule has 160 valence electrons. The van der Waals surface area contributed by atoms with Gasteiger partial charge < -0.3 is 20.2 Å². The third kappa shape index (κ3) is 4.59. The lowest BCUT2D eigenvalue weighted by Crippen LogP contribution is -2.45. The number of carboxylic acids is 1. The molecular weight excluding hydrogens is 378 g/mol. The van der Waals surface area contributed by atoms with Crippen LogP contribution in [0.5, 0.6) is 0 Å². The largest absolute Gasteiger partial charge is 0.481 e. The Morgan fingerprint density at radius 3 is 1.75 bits per heavy atom. The molecule has 0 spiro atoms.